The summed E-state index contributed by atoms with van der Waals surface area (Å²) in [6.45, 7) is 0. The van der Waals surface area contributed by atoms with E-state index in [0.29, 0.717) is 11.1 Å². The molecule has 3 aromatic rings. The van der Waals surface area contributed by atoms with Crippen molar-refractivity contribution in [3.8, 4) is 11.3 Å². The van der Waals surface area contributed by atoms with Gasteiger partial charge in [-0.05, 0) is 11.6 Å². The number of hydrogen-bond donors (Lipinski definition) is 1. The Labute approximate surface area is 102 Å². The van der Waals surface area contributed by atoms with Gasteiger partial charge in [-0.3, -0.25) is 0 Å². The predicted octanol–water partition coefficient (Wildman–Crippen LogP) is 2.73. The molecule has 1 N–H and O–H groups in total. The molecule has 0 fully saturated rings. The van der Waals surface area contributed by atoms with Crippen molar-refractivity contribution in [3.63, 3.8) is 0 Å². The lowest BCUT2D eigenvalue weighted by molar-refractivity contribution is 0.636. The highest BCUT2D eigenvalue weighted by atomic mass is 19.1. The van der Waals surface area contributed by atoms with Crippen LogP contribution >= 0.6 is 0 Å². The first kappa shape index (κ1) is 10.7. The van der Waals surface area contributed by atoms with Gasteiger partial charge in [-0.2, -0.15) is 4.98 Å². The van der Waals surface area contributed by atoms with Crippen LogP contribution in [-0.4, -0.2) is 9.97 Å². The minimum atomic E-state index is -0.550. The SMILES string of the molecule is O=c1nc2c(F)cccc2c(-c2ccccc2)[nH]1. The van der Waals surface area contributed by atoms with E-state index in [0.717, 1.165) is 5.56 Å². The molecule has 1 heterocycles. The van der Waals surface area contributed by atoms with E-state index in [1.165, 1.54) is 6.07 Å². The van der Waals surface area contributed by atoms with Crippen molar-refractivity contribution in [1.82, 2.24) is 9.97 Å². The van der Waals surface area contributed by atoms with E-state index in [1.807, 2.05) is 30.3 Å². The van der Waals surface area contributed by atoms with Gasteiger partial charge in [0, 0.05) is 5.39 Å². The Balaban J connectivity index is 2.43. The summed E-state index contributed by atoms with van der Waals surface area (Å²) in [5.74, 6) is -0.490. The molecule has 0 saturated heterocycles. The molecule has 2 aromatic carbocycles. The first-order chi connectivity index (χ1) is 8.75. The first-order valence-corrected chi connectivity index (χ1v) is 5.50. The summed E-state index contributed by atoms with van der Waals surface area (Å²) in [6, 6.07) is 14.0. The van der Waals surface area contributed by atoms with Crippen LogP contribution in [0.2, 0.25) is 0 Å². The number of halogens is 1. The number of aromatic amines is 1. The van der Waals surface area contributed by atoms with E-state index >= 15 is 0 Å². The smallest absolute Gasteiger partial charge is 0.305 e. The van der Waals surface area contributed by atoms with Gasteiger partial charge in [0.25, 0.3) is 0 Å². The molecule has 0 bridgehead atoms. The van der Waals surface area contributed by atoms with Crippen molar-refractivity contribution in [2.24, 2.45) is 0 Å². The summed E-state index contributed by atoms with van der Waals surface area (Å²) in [7, 11) is 0. The molecule has 1 aromatic heterocycles. The molecule has 0 saturated carbocycles. The summed E-state index contributed by atoms with van der Waals surface area (Å²) in [6.07, 6.45) is 0. The number of nitrogens with one attached hydrogen (secondary N) is 1. The lowest BCUT2D eigenvalue weighted by Gasteiger charge is -2.06. The maximum Gasteiger partial charge on any atom is 0.346 e. The Kier molecular flexibility index (Phi) is 2.41. The van der Waals surface area contributed by atoms with E-state index in [9.17, 15) is 9.18 Å². The Hall–Kier alpha value is -2.49. The summed E-state index contributed by atoms with van der Waals surface area (Å²) in [5, 5.41) is 0.598. The molecule has 0 radical (unpaired) electrons. The molecule has 0 atom stereocenters. The molecule has 0 aliphatic carbocycles. The number of H-pyrrole nitrogens is 1. The van der Waals surface area contributed by atoms with E-state index in [4.69, 9.17) is 0 Å². The first-order valence-electron chi connectivity index (χ1n) is 5.50. The number of fused-ring (bicyclic) bond motifs is 1. The predicted molar refractivity (Wildman–Crippen MR) is 67.8 cm³/mol. The van der Waals surface area contributed by atoms with Crippen molar-refractivity contribution in [3.05, 3.63) is 64.8 Å². The fourth-order valence-electron chi connectivity index (χ4n) is 1.97. The summed E-state index contributed by atoms with van der Waals surface area (Å²) < 4.78 is 13.6. The average molecular weight is 240 g/mol. The third kappa shape index (κ3) is 1.68. The number of para-hydroxylation sites is 1. The molecular weight excluding hydrogens is 231 g/mol. The fraction of sp³-hybridized carbons (Fsp3) is 0. The fourth-order valence-corrected chi connectivity index (χ4v) is 1.97. The van der Waals surface area contributed by atoms with Gasteiger partial charge in [0.05, 0.1) is 5.69 Å². The van der Waals surface area contributed by atoms with Gasteiger partial charge in [-0.1, -0.05) is 42.5 Å². The minimum Gasteiger partial charge on any atom is -0.305 e. The average Bonchev–Trinajstić information content (AvgIpc) is 2.40. The number of nitrogens with zero attached hydrogens (tertiary/aromatic N) is 1. The van der Waals surface area contributed by atoms with Gasteiger partial charge in [0.2, 0.25) is 0 Å². The second kappa shape index (κ2) is 4.07. The molecule has 0 spiro atoms. The van der Waals surface area contributed by atoms with Gasteiger partial charge in [0.15, 0.2) is 0 Å². The normalized spacial score (nSPS) is 10.7. The van der Waals surface area contributed by atoms with Crippen molar-refractivity contribution < 1.29 is 4.39 Å². The molecule has 0 amide bonds. The van der Waals surface area contributed by atoms with Crippen molar-refractivity contribution in [2.75, 3.05) is 0 Å². The van der Waals surface area contributed by atoms with Gasteiger partial charge < -0.3 is 4.98 Å². The van der Waals surface area contributed by atoms with Crippen LogP contribution in [0.1, 0.15) is 0 Å². The van der Waals surface area contributed by atoms with E-state index in [2.05, 4.69) is 9.97 Å². The summed E-state index contributed by atoms with van der Waals surface area (Å²) in [5.41, 5.74) is 0.962. The van der Waals surface area contributed by atoms with Crippen LogP contribution in [0.5, 0.6) is 0 Å². The maximum atomic E-state index is 13.6. The van der Waals surface area contributed by atoms with Crippen LogP contribution in [-0.2, 0) is 0 Å². The topological polar surface area (TPSA) is 45.8 Å². The number of hydrogen-bond acceptors (Lipinski definition) is 2. The zero-order valence-corrected chi connectivity index (χ0v) is 9.35. The monoisotopic (exact) mass is 240 g/mol. The zero-order valence-electron chi connectivity index (χ0n) is 9.35. The van der Waals surface area contributed by atoms with Gasteiger partial charge in [-0.15, -0.1) is 0 Å². The quantitative estimate of drug-likeness (QED) is 0.710. The number of rotatable bonds is 1. The molecule has 18 heavy (non-hydrogen) atoms. The molecule has 4 heteroatoms. The molecule has 0 aliphatic heterocycles. The largest absolute Gasteiger partial charge is 0.346 e. The van der Waals surface area contributed by atoms with Gasteiger partial charge >= 0.3 is 5.69 Å². The Morgan fingerprint density at radius 1 is 1.00 bits per heavy atom. The van der Waals surface area contributed by atoms with Crippen LogP contribution in [0.3, 0.4) is 0 Å². The molecule has 0 unspecified atom stereocenters. The van der Waals surface area contributed by atoms with Crippen LogP contribution in [0.4, 0.5) is 4.39 Å². The second-order valence-electron chi connectivity index (χ2n) is 3.92. The highest BCUT2D eigenvalue weighted by molar-refractivity contribution is 5.92. The minimum absolute atomic E-state index is 0.0973. The molecule has 3 rings (SSSR count). The lowest BCUT2D eigenvalue weighted by atomic mass is 10.1. The third-order valence-electron chi connectivity index (χ3n) is 2.76. The van der Waals surface area contributed by atoms with E-state index < -0.39 is 11.5 Å². The Morgan fingerprint density at radius 2 is 1.78 bits per heavy atom. The lowest BCUT2D eigenvalue weighted by Crippen LogP contribution is -2.12. The van der Waals surface area contributed by atoms with Crippen molar-refractivity contribution >= 4 is 10.9 Å². The molecule has 0 aliphatic rings. The van der Waals surface area contributed by atoms with Gasteiger partial charge in [-0.25, -0.2) is 9.18 Å². The van der Waals surface area contributed by atoms with Gasteiger partial charge in [0.1, 0.15) is 11.3 Å². The Morgan fingerprint density at radius 3 is 2.56 bits per heavy atom. The third-order valence-corrected chi connectivity index (χ3v) is 2.76. The van der Waals surface area contributed by atoms with Crippen LogP contribution in [0, 0.1) is 5.82 Å². The van der Waals surface area contributed by atoms with Crippen LogP contribution < -0.4 is 5.69 Å². The summed E-state index contributed by atoms with van der Waals surface area (Å²) >= 11 is 0. The van der Waals surface area contributed by atoms with Crippen LogP contribution in [0.15, 0.2) is 53.3 Å². The number of aromatic nitrogens is 2. The molecule has 88 valence electrons. The van der Waals surface area contributed by atoms with E-state index in [-0.39, 0.29) is 5.52 Å². The second-order valence-corrected chi connectivity index (χ2v) is 3.92. The molecule has 3 nitrogen and oxygen atoms in total. The van der Waals surface area contributed by atoms with Crippen molar-refractivity contribution in [1.29, 1.82) is 0 Å². The van der Waals surface area contributed by atoms with E-state index in [1.54, 1.807) is 12.1 Å². The zero-order chi connectivity index (χ0) is 12.5. The van der Waals surface area contributed by atoms with Crippen LogP contribution in [0.25, 0.3) is 22.2 Å². The molecular formula is C14H9FN2O. The standard InChI is InChI=1S/C14H9FN2O/c15-11-8-4-7-10-12(9-5-2-1-3-6-9)16-14(18)17-13(10)11/h1-8H,(H,16,17,18). The highest BCUT2D eigenvalue weighted by Crippen LogP contribution is 2.25. The highest BCUT2D eigenvalue weighted by Gasteiger charge is 2.09. The number of benzene rings is 2. The maximum absolute atomic E-state index is 13.6. The summed E-state index contributed by atoms with van der Waals surface area (Å²) in [4.78, 5) is 17.8. The Bertz CT molecular complexity index is 766. The van der Waals surface area contributed by atoms with Crippen molar-refractivity contribution in [2.45, 2.75) is 0 Å².